The van der Waals surface area contributed by atoms with Gasteiger partial charge in [0, 0.05) is 24.9 Å². The van der Waals surface area contributed by atoms with Gasteiger partial charge in [0.15, 0.2) is 0 Å². The fourth-order valence-corrected chi connectivity index (χ4v) is 1.82. The molecule has 0 radical (unpaired) electrons. The Kier molecular flexibility index (Phi) is 5.95. The van der Waals surface area contributed by atoms with E-state index in [1.165, 1.54) is 6.26 Å². The topological polar surface area (TPSA) is 51.2 Å². The molecule has 0 unspecified atom stereocenters. The SMILES string of the molecule is CCCC(=O)CCCCS(C)(=O)=O. The van der Waals surface area contributed by atoms with Crippen molar-refractivity contribution in [2.24, 2.45) is 0 Å². The normalized spacial score (nSPS) is 11.5. The maximum absolute atomic E-state index is 11.0. The van der Waals surface area contributed by atoms with Gasteiger partial charge >= 0.3 is 0 Å². The monoisotopic (exact) mass is 206 g/mol. The highest BCUT2D eigenvalue weighted by atomic mass is 32.2. The van der Waals surface area contributed by atoms with Crippen molar-refractivity contribution in [3.63, 3.8) is 0 Å². The molecule has 0 saturated heterocycles. The van der Waals surface area contributed by atoms with Gasteiger partial charge in [-0.15, -0.1) is 0 Å². The molecule has 0 aromatic rings. The molecule has 0 aliphatic heterocycles. The fraction of sp³-hybridized carbons (Fsp3) is 0.889. The molecule has 0 saturated carbocycles. The number of sulfone groups is 1. The zero-order valence-corrected chi connectivity index (χ0v) is 9.19. The lowest BCUT2D eigenvalue weighted by molar-refractivity contribution is -0.119. The summed E-state index contributed by atoms with van der Waals surface area (Å²) in [4.78, 5) is 11.0. The first-order chi connectivity index (χ1) is 5.95. The largest absolute Gasteiger partial charge is 0.300 e. The van der Waals surface area contributed by atoms with Crippen LogP contribution in [0.3, 0.4) is 0 Å². The Labute approximate surface area is 80.4 Å². The van der Waals surface area contributed by atoms with Gasteiger partial charge in [-0.2, -0.15) is 0 Å². The van der Waals surface area contributed by atoms with Crippen LogP contribution in [-0.4, -0.2) is 26.2 Å². The van der Waals surface area contributed by atoms with Crippen molar-refractivity contribution in [3.8, 4) is 0 Å². The van der Waals surface area contributed by atoms with Crippen LogP contribution in [0.1, 0.15) is 39.0 Å². The molecular weight excluding hydrogens is 188 g/mol. The molecule has 0 atom stereocenters. The average molecular weight is 206 g/mol. The van der Waals surface area contributed by atoms with E-state index in [0.29, 0.717) is 25.7 Å². The summed E-state index contributed by atoms with van der Waals surface area (Å²) in [5.41, 5.74) is 0. The minimum absolute atomic E-state index is 0.201. The van der Waals surface area contributed by atoms with E-state index < -0.39 is 9.84 Å². The molecule has 0 heterocycles. The Balaban J connectivity index is 3.41. The van der Waals surface area contributed by atoms with Gasteiger partial charge in [0.25, 0.3) is 0 Å². The summed E-state index contributed by atoms with van der Waals surface area (Å²) < 4.78 is 21.4. The van der Waals surface area contributed by atoms with Crippen molar-refractivity contribution in [2.75, 3.05) is 12.0 Å². The lowest BCUT2D eigenvalue weighted by atomic mass is 10.1. The number of ketones is 1. The number of rotatable bonds is 7. The lowest BCUT2D eigenvalue weighted by Gasteiger charge is -1.98. The van der Waals surface area contributed by atoms with Crippen LogP contribution < -0.4 is 0 Å². The lowest BCUT2D eigenvalue weighted by Crippen LogP contribution is -2.04. The Bertz CT molecular complexity index is 242. The smallest absolute Gasteiger partial charge is 0.147 e. The molecule has 0 spiro atoms. The van der Waals surface area contributed by atoms with E-state index in [0.717, 1.165) is 6.42 Å². The van der Waals surface area contributed by atoms with E-state index in [1.54, 1.807) is 0 Å². The fourth-order valence-electron chi connectivity index (χ4n) is 1.09. The Morgan fingerprint density at radius 2 is 1.77 bits per heavy atom. The molecule has 0 rings (SSSR count). The molecule has 3 nitrogen and oxygen atoms in total. The third-order valence-corrected chi connectivity index (χ3v) is 2.78. The number of carbonyl (C=O) groups is 1. The summed E-state index contributed by atoms with van der Waals surface area (Å²) in [5, 5.41) is 0. The highest BCUT2D eigenvalue weighted by Crippen LogP contribution is 2.02. The summed E-state index contributed by atoms with van der Waals surface area (Å²) in [7, 11) is -2.85. The van der Waals surface area contributed by atoms with Crippen molar-refractivity contribution in [1.29, 1.82) is 0 Å². The van der Waals surface area contributed by atoms with Crippen LogP contribution in [0.15, 0.2) is 0 Å². The van der Waals surface area contributed by atoms with Crippen LogP contribution in [0, 0.1) is 0 Å². The predicted octanol–water partition coefficient (Wildman–Crippen LogP) is 1.57. The third-order valence-electron chi connectivity index (χ3n) is 1.75. The van der Waals surface area contributed by atoms with Gasteiger partial charge < -0.3 is 0 Å². The van der Waals surface area contributed by atoms with Crippen LogP contribution in [-0.2, 0) is 14.6 Å². The second-order valence-corrected chi connectivity index (χ2v) is 5.64. The molecule has 0 aliphatic carbocycles. The number of hydrogen-bond donors (Lipinski definition) is 0. The van der Waals surface area contributed by atoms with Gasteiger partial charge in [-0.05, 0) is 19.3 Å². The highest BCUT2D eigenvalue weighted by molar-refractivity contribution is 7.90. The van der Waals surface area contributed by atoms with Gasteiger partial charge in [-0.1, -0.05) is 6.92 Å². The molecule has 13 heavy (non-hydrogen) atoms. The minimum atomic E-state index is -2.85. The molecule has 0 aromatic carbocycles. The molecule has 0 aromatic heterocycles. The molecule has 0 bridgehead atoms. The molecule has 0 amide bonds. The van der Waals surface area contributed by atoms with Crippen molar-refractivity contribution in [3.05, 3.63) is 0 Å². The molecule has 0 N–H and O–H groups in total. The summed E-state index contributed by atoms with van der Waals surface area (Å²) in [6, 6.07) is 0. The van der Waals surface area contributed by atoms with Crippen molar-refractivity contribution in [2.45, 2.75) is 39.0 Å². The quantitative estimate of drug-likeness (QED) is 0.594. The van der Waals surface area contributed by atoms with E-state index in [4.69, 9.17) is 0 Å². The summed E-state index contributed by atoms with van der Waals surface area (Å²) in [6.45, 7) is 1.97. The summed E-state index contributed by atoms with van der Waals surface area (Å²) >= 11 is 0. The summed E-state index contributed by atoms with van der Waals surface area (Å²) in [6.07, 6.45) is 4.56. The molecular formula is C9H18O3S. The van der Waals surface area contributed by atoms with Crippen molar-refractivity contribution < 1.29 is 13.2 Å². The van der Waals surface area contributed by atoms with Crippen molar-refractivity contribution in [1.82, 2.24) is 0 Å². The zero-order chi connectivity index (χ0) is 10.3. The third kappa shape index (κ3) is 9.53. The maximum atomic E-state index is 11.0. The second kappa shape index (κ2) is 6.13. The van der Waals surface area contributed by atoms with Crippen LogP contribution >= 0.6 is 0 Å². The van der Waals surface area contributed by atoms with Gasteiger partial charge in [0.1, 0.15) is 15.6 Å². The van der Waals surface area contributed by atoms with Gasteiger partial charge in [-0.3, -0.25) is 4.79 Å². The van der Waals surface area contributed by atoms with E-state index in [-0.39, 0.29) is 11.5 Å². The van der Waals surface area contributed by atoms with Crippen LogP contribution in [0.4, 0.5) is 0 Å². The number of carbonyl (C=O) groups excluding carboxylic acids is 1. The van der Waals surface area contributed by atoms with E-state index in [1.807, 2.05) is 6.92 Å². The van der Waals surface area contributed by atoms with Crippen LogP contribution in [0.2, 0.25) is 0 Å². The number of hydrogen-bond acceptors (Lipinski definition) is 3. The van der Waals surface area contributed by atoms with Gasteiger partial charge in [0.2, 0.25) is 0 Å². The van der Waals surface area contributed by atoms with E-state index in [2.05, 4.69) is 0 Å². The minimum Gasteiger partial charge on any atom is -0.300 e. The van der Waals surface area contributed by atoms with Gasteiger partial charge in [-0.25, -0.2) is 8.42 Å². The van der Waals surface area contributed by atoms with E-state index >= 15 is 0 Å². The molecule has 78 valence electrons. The first-order valence-corrected chi connectivity index (χ1v) is 6.71. The first kappa shape index (κ1) is 12.6. The number of Topliss-reactive ketones (excluding diaryl/α,β-unsaturated/α-hetero) is 1. The number of unbranched alkanes of at least 4 members (excludes halogenated alkanes) is 1. The Morgan fingerprint density at radius 1 is 1.15 bits per heavy atom. The predicted molar refractivity (Wildman–Crippen MR) is 53.5 cm³/mol. The highest BCUT2D eigenvalue weighted by Gasteiger charge is 2.03. The molecule has 0 fully saturated rings. The first-order valence-electron chi connectivity index (χ1n) is 4.65. The van der Waals surface area contributed by atoms with E-state index in [9.17, 15) is 13.2 Å². The molecule has 4 heteroatoms. The van der Waals surface area contributed by atoms with Crippen LogP contribution in [0.25, 0.3) is 0 Å². The van der Waals surface area contributed by atoms with Crippen molar-refractivity contribution >= 4 is 15.6 Å². The van der Waals surface area contributed by atoms with Gasteiger partial charge in [0.05, 0.1) is 0 Å². The zero-order valence-electron chi connectivity index (χ0n) is 8.38. The second-order valence-electron chi connectivity index (χ2n) is 3.38. The molecule has 0 aliphatic rings. The standard InChI is InChI=1S/C9H18O3S/c1-3-6-9(10)7-4-5-8-13(2,11)12/h3-8H2,1-2H3. The Hall–Kier alpha value is -0.380. The summed E-state index contributed by atoms with van der Waals surface area (Å²) in [5.74, 6) is 0.447. The average Bonchev–Trinajstić information content (AvgIpc) is 1.97. The maximum Gasteiger partial charge on any atom is 0.147 e. The Morgan fingerprint density at radius 3 is 2.23 bits per heavy atom. The van der Waals surface area contributed by atoms with Crippen LogP contribution in [0.5, 0.6) is 0 Å².